The van der Waals surface area contributed by atoms with Crippen molar-refractivity contribution in [2.75, 3.05) is 0 Å². The summed E-state index contributed by atoms with van der Waals surface area (Å²) in [4.78, 5) is 15.9. The minimum Gasteiger partial charge on any atom is -0.302 e. The van der Waals surface area contributed by atoms with Crippen molar-refractivity contribution in [3.63, 3.8) is 0 Å². The quantitative estimate of drug-likeness (QED) is 0.782. The molecule has 0 spiro atoms. The lowest BCUT2D eigenvalue weighted by atomic mass is 9.90. The molecule has 0 aliphatic heterocycles. The summed E-state index contributed by atoms with van der Waals surface area (Å²) in [5, 5.41) is 0. The normalized spacial score (nSPS) is 12.2. The minimum absolute atomic E-state index is 0.209. The summed E-state index contributed by atoms with van der Waals surface area (Å²) < 4.78 is 0. The van der Waals surface area contributed by atoms with E-state index in [1.807, 2.05) is 26.0 Å². The fourth-order valence-corrected chi connectivity index (χ4v) is 2.59. The van der Waals surface area contributed by atoms with E-state index in [1.165, 1.54) is 11.1 Å². The molecule has 0 fully saturated rings. The van der Waals surface area contributed by atoms with Gasteiger partial charge in [0.05, 0.1) is 5.92 Å². The van der Waals surface area contributed by atoms with Crippen molar-refractivity contribution in [1.82, 2.24) is 4.98 Å². The van der Waals surface area contributed by atoms with E-state index in [0.717, 1.165) is 28.8 Å². The number of pyridine rings is 1. The van der Waals surface area contributed by atoms with Gasteiger partial charge in [-0.2, -0.15) is 0 Å². The average Bonchev–Trinajstić information content (AvgIpc) is 2.27. The van der Waals surface area contributed by atoms with Gasteiger partial charge in [0.25, 0.3) is 0 Å². The summed E-state index contributed by atoms with van der Waals surface area (Å²) in [6, 6.07) is 10.3. The standard InChI is InChI=1S/C17H19NO/c1-11-5-12(2)7-15(6-11)17(10-19)16-8-13(3)18-14(4)9-16/h5-10,17H,1-4H3. The van der Waals surface area contributed by atoms with Crippen molar-refractivity contribution >= 4 is 6.29 Å². The number of carbonyl (C=O) groups is 1. The summed E-state index contributed by atoms with van der Waals surface area (Å²) in [6.45, 7) is 8.03. The molecule has 0 bridgehead atoms. The van der Waals surface area contributed by atoms with Gasteiger partial charge in [0.2, 0.25) is 0 Å². The Morgan fingerprint density at radius 2 is 1.32 bits per heavy atom. The zero-order valence-electron chi connectivity index (χ0n) is 11.9. The molecule has 1 atom stereocenters. The molecule has 2 nitrogen and oxygen atoms in total. The van der Waals surface area contributed by atoms with Gasteiger partial charge in [-0.15, -0.1) is 0 Å². The number of rotatable bonds is 3. The Morgan fingerprint density at radius 3 is 1.79 bits per heavy atom. The molecule has 1 unspecified atom stereocenters. The van der Waals surface area contributed by atoms with Crippen LogP contribution in [0.15, 0.2) is 30.3 Å². The highest BCUT2D eigenvalue weighted by atomic mass is 16.1. The van der Waals surface area contributed by atoms with Crippen LogP contribution in [-0.4, -0.2) is 11.3 Å². The van der Waals surface area contributed by atoms with Crippen LogP contribution in [0.2, 0.25) is 0 Å². The van der Waals surface area contributed by atoms with Crippen molar-refractivity contribution in [2.45, 2.75) is 33.6 Å². The molecule has 1 aromatic carbocycles. The molecule has 0 saturated heterocycles. The van der Waals surface area contributed by atoms with Crippen LogP contribution < -0.4 is 0 Å². The largest absolute Gasteiger partial charge is 0.302 e. The van der Waals surface area contributed by atoms with Gasteiger partial charge in [0.1, 0.15) is 6.29 Å². The second-order valence-corrected chi connectivity index (χ2v) is 5.22. The summed E-state index contributed by atoms with van der Waals surface area (Å²) >= 11 is 0. The highest BCUT2D eigenvalue weighted by Crippen LogP contribution is 2.25. The summed E-state index contributed by atoms with van der Waals surface area (Å²) in [6.07, 6.45) is 1.02. The predicted molar refractivity (Wildman–Crippen MR) is 77.5 cm³/mol. The first-order chi connectivity index (χ1) is 8.99. The minimum atomic E-state index is -0.209. The Morgan fingerprint density at radius 1 is 0.842 bits per heavy atom. The van der Waals surface area contributed by atoms with Gasteiger partial charge in [-0.25, -0.2) is 0 Å². The Balaban J connectivity index is 2.52. The molecule has 19 heavy (non-hydrogen) atoms. The first-order valence-corrected chi connectivity index (χ1v) is 6.48. The first kappa shape index (κ1) is 13.5. The molecule has 0 N–H and O–H groups in total. The van der Waals surface area contributed by atoms with Crippen LogP contribution in [0.4, 0.5) is 0 Å². The molecular weight excluding hydrogens is 234 g/mol. The average molecular weight is 253 g/mol. The number of nitrogens with zero attached hydrogens (tertiary/aromatic N) is 1. The van der Waals surface area contributed by atoms with Crippen molar-refractivity contribution in [3.05, 3.63) is 64.0 Å². The van der Waals surface area contributed by atoms with Gasteiger partial charge >= 0.3 is 0 Å². The van der Waals surface area contributed by atoms with Crippen molar-refractivity contribution in [1.29, 1.82) is 0 Å². The van der Waals surface area contributed by atoms with Gasteiger partial charge in [-0.1, -0.05) is 29.3 Å². The van der Waals surface area contributed by atoms with Crippen molar-refractivity contribution < 1.29 is 4.79 Å². The number of hydrogen-bond donors (Lipinski definition) is 0. The van der Waals surface area contributed by atoms with Crippen LogP contribution in [0.3, 0.4) is 0 Å². The van der Waals surface area contributed by atoms with Crippen molar-refractivity contribution in [2.24, 2.45) is 0 Å². The Labute approximate surface area is 114 Å². The maximum absolute atomic E-state index is 11.5. The topological polar surface area (TPSA) is 30.0 Å². The number of benzene rings is 1. The van der Waals surface area contributed by atoms with Crippen LogP contribution in [0.25, 0.3) is 0 Å². The first-order valence-electron chi connectivity index (χ1n) is 6.48. The SMILES string of the molecule is Cc1cc(C)cc(C(C=O)c2cc(C)nc(C)c2)c1. The summed E-state index contributed by atoms with van der Waals surface area (Å²) in [5.74, 6) is -0.209. The Hall–Kier alpha value is -1.96. The van der Waals surface area contributed by atoms with E-state index in [9.17, 15) is 4.79 Å². The lowest BCUT2D eigenvalue weighted by Gasteiger charge is -2.14. The molecule has 1 heterocycles. The molecule has 98 valence electrons. The van der Waals surface area contributed by atoms with E-state index in [-0.39, 0.29) is 5.92 Å². The van der Waals surface area contributed by atoms with E-state index in [0.29, 0.717) is 0 Å². The zero-order valence-corrected chi connectivity index (χ0v) is 11.9. The molecule has 2 aromatic rings. The lowest BCUT2D eigenvalue weighted by molar-refractivity contribution is -0.108. The van der Waals surface area contributed by atoms with Crippen LogP contribution >= 0.6 is 0 Å². The lowest BCUT2D eigenvalue weighted by Crippen LogP contribution is -2.05. The number of aldehydes is 1. The van der Waals surface area contributed by atoms with E-state index in [2.05, 4.69) is 37.0 Å². The molecule has 0 amide bonds. The Kier molecular flexibility index (Phi) is 3.79. The highest BCUT2D eigenvalue weighted by molar-refractivity contribution is 5.68. The second kappa shape index (κ2) is 5.35. The summed E-state index contributed by atoms with van der Waals surface area (Å²) in [5.41, 5.74) is 6.34. The third-order valence-electron chi connectivity index (χ3n) is 3.20. The third kappa shape index (κ3) is 3.08. The molecule has 0 radical (unpaired) electrons. The number of carbonyl (C=O) groups excluding carboxylic acids is 1. The maximum atomic E-state index is 11.5. The second-order valence-electron chi connectivity index (χ2n) is 5.22. The van der Waals surface area contributed by atoms with Crippen molar-refractivity contribution in [3.8, 4) is 0 Å². The number of hydrogen-bond acceptors (Lipinski definition) is 2. The van der Waals surface area contributed by atoms with Crippen LogP contribution in [0.5, 0.6) is 0 Å². The van der Waals surface area contributed by atoms with E-state index in [1.54, 1.807) is 0 Å². The number of aryl methyl sites for hydroxylation is 4. The molecule has 1 aromatic heterocycles. The van der Waals surface area contributed by atoms with Gasteiger partial charge in [-0.05, 0) is 51.0 Å². The van der Waals surface area contributed by atoms with Gasteiger partial charge in [0.15, 0.2) is 0 Å². The Bertz CT molecular complexity index is 525. The monoisotopic (exact) mass is 253 g/mol. The zero-order chi connectivity index (χ0) is 14.0. The fraction of sp³-hybridized carbons (Fsp3) is 0.294. The van der Waals surface area contributed by atoms with E-state index in [4.69, 9.17) is 0 Å². The fourth-order valence-electron chi connectivity index (χ4n) is 2.59. The van der Waals surface area contributed by atoms with E-state index < -0.39 is 0 Å². The smallest absolute Gasteiger partial charge is 0.131 e. The van der Waals surface area contributed by atoms with Gasteiger partial charge < -0.3 is 4.79 Å². The van der Waals surface area contributed by atoms with Gasteiger partial charge in [-0.3, -0.25) is 4.98 Å². The predicted octanol–water partition coefficient (Wildman–Crippen LogP) is 3.65. The molecule has 0 aliphatic carbocycles. The highest BCUT2D eigenvalue weighted by Gasteiger charge is 2.15. The van der Waals surface area contributed by atoms with E-state index >= 15 is 0 Å². The molecule has 0 saturated carbocycles. The van der Waals surface area contributed by atoms with Crippen LogP contribution in [0.1, 0.15) is 39.6 Å². The third-order valence-corrected chi connectivity index (χ3v) is 3.20. The molecule has 2 rings (SSSR count). The maximum Gasteiger partial charge on any atom is 0.131 e. The van der Waals surface area contributed by atoms with Crippen LogP contribution in [0, 0.1) is 27.7 Å². The number of aromatic nitrogens is 1. The van der Waals surface area contributed by atoms with Crippen LogP contribution in [-0.2, 0) is 4.79 Å². The van der Waals surface area contributed by atoms with Gasteiger partial charge in [0, 0.05) is 11.4 Å². The molecule has 0 aliphatic rings. The molecular formula is C17H19NO. The summed E-state index contributed by atoms with van der Waals surface area (Å²) in [7, 11) is 0. The molecule has 2 heteroatoms.